The van der Waals surface area contributed by atoms with Crippen LogP contribution in [0.1, 0.15) is 72.1 Å². The summed E-state index contributed by atoms with van der Waals surface area (Å²) in [4.78, 5) is 0. The Morgan fingerprint density at radius 3 is 1.96 bits per heavy atom. The van der Waals surface area contributed by atoms with Crippen molar-refractivity contribution >= 4 is 0 Å². The molecule has 0 aliphatic heterocycles. The van der Waals surface area contributed by atoms with E-state index < -0.39 is 0 Å². The van der Waals surface area contributed by atoms with Crippen LogP contribution in [0.2, 0.25) is 0 Å². The minimum Gasteiger partial charge on any atom is -0.381 e. The van der Waals surface area contributed by atoms with Crippen molar-refractivity contribution in [3.8, 4) is 0 Å². The average molecular weight is 330 g/mol. The minimum atomic E-state index is 0.0203. The first-order valence-corrected chi connectivity index (χ1v) is 9.81. The van der Waals surface area contributed by atoms with Crippen LogP contribution in [0.3, 0.4) is 0 Å². The molecule has 0 amide bonds. The molecule has 1 aliphatic carbocycles. The van der Waals surface area contributed by atoms with Crippen molar-refractivity contribution in [1.29, 1.82) is 0 Å². The van der Waals surface area contributed by atoms with E-state index in [0.29, 0.717) is 5.92 Å². The summed E-state index contributed by atoms with van der Waals surface area (Å²) < 4.78 is 18.2. The zero-order valence-electron chi connectivity index (χ0n) is 15.6. The fraction of sp³-hybridized carbons (Fsp3) is 1.00. The molecule has 2 N–H and O–H groups in total. The first-order valence-electron chi connectivity index (χ1n) is 9.81. The molecule has 4 nitrogen and oxygen atoms in total. The number of rotatable bonds is 13. The summed E-state index contributed by atoms with van der Waals surface area (Å²) in [5, 5.41) is 0. The normalized spacial score (nSPS) is 28.2. The highest BCUT2D eigenvalue weighted by Gasteiger charge is 2.39. The molecule has 0 heterocycles. The highest BCUT2D eigenvalue weighted by atomic mass is 16.5. The lowest BCUT2D eigenvalue weighted by molar-refractivity contribution is -0.137. The predicted molar refractivity (Wildman–Crippen MR) is 95.7 cm³/mol. The van der Waals surface area contributed by atoms with E-state index in [9.17, 15) is 0 Å². The van der Waals surface area contributed by atoms with Crippen LogP contribution in [-0.2, 0) is 14.2 Å². The van der Waals surface area contributed by atoms with Crippen LogP contribution in [0.15, 0.2) is 0 Å². The van der Waals surface area contributed by atoms with Gasteiger partial charge in [0.05, 0.1) is 18.8 Å². The second kappa shape index (κ2) is 13.2. The zero-order chi connectivity index (χ0) is 16.9. The Bertz CT molecular complexity index is 275. The zero-order valence-corrected chi connectivity index (χ0v) is 15.6. The maximum absolute atomic E-state index is 6.35. The summed E-state index contributed by atoms with van der Waals surface area (Å²) in [6, 6.07) is 0.0883. The average Bonchev–Trinajstić information content (AvgIpc) is 2.55. The molecule has 0 radical (unpaired) electrons. The Morgan fingerprint density at radius 1 is 0.783 bits per heavy atom. The predicted octanol–water partition coefficient (Wildman–Crippen LogP) is 3.91. The largest absolute Gasteiger partial charge is 0.381 e. The SMILES string of the molecule is CCCCOC[C@H]1CC[C@H](N)[C@@H](OCCCC)[C@@H]1OCCCC. The smallest absolute Gasteiger partial charge is 0.0990 e. The van der Waals surface area contributed by atoms with Crippen molar-refractivity contribution in [3.05, 3.63) is 0 Å². The molecule has 4 heteroatoms. The van der Waals surface area contributed by atoms with Gasteiger partial charge in [-0.2, -0.15) is 0 Å². The van der Waals surface area contributed by atoms with E-state index in [-0.39, 0.29) is 18.2 Å². The van der Waals surface area contributed by atoms with Crippen molar-refractivity contribution in [1.82, 2.24) is 0 Å². The van der Waals surface area contributed by atoms with Crippen molar-refractivity contribution in [2.75, 3.05) is 26.4 Å². The van der Waals surface area contributed by atoms with Crippen LogP contribution in [0.5, 0.6) is 0 Å². The lowest BCUT2D eigenvalue weighted by atomic mass is 9.81. The second-order valence-corrected chi connectivity index (χ2v) is 6.81. The van der Waals surface area contributed by atoms with Crippen molar-refractivity contribution in [2.45, 2.75) is 90.4 Å². The maximum Gasteiger partial charge on any atom is 0.0990 e. The first kappa shape index (κ1) is 20.9. The number of unbranched alkanes of at least 4 members (excludes halogenated alkanes) is 3. The van der Waals surface area contributed by atoms with Crippen molar-refractivity contribution in [2.24, 2.45) is 11.7 Å². The third-order valence-corrected chi connectivity index (χ3v) is 4.67. The Kier molecular flexibility index (Phi) is 12.0. The topological polar surface area (TPSA) is 53.7 Å². The van der Waals surface area contributed by atoms with Gasteiger partial charge in [-0.05, 0) is 32.1 Å². The fourth-order valence-electron chi connectivity index (χ4n) is 3.08. The van der Waals surface area contributed by atoms with Gasteiger partial charge >= 0.3 is 0 Å². The van der Waals surface area contributed by atoms with E-state index in [4.69, 9.17) is 19.9 Å². The molecule has 1 aliphatic rings. The molecular weight excluding hydrogens is 290 g/mol. The molecule has 138 valence electrons. The molecule has 4 atom stereocenters. The Balaban J connectivity index is 2.57. The van der Waals surface area contributed by atoms with E-state index >= 15 is 0 Å². The molecular formula is C19H39NO3. The van der Waals surface area contributed by atoms with Crippen LogP contribution >= 0.6 is 0 Å². The van der Waals surface area contributed by atoms with Crippen LogP contribution in [0.4, 0.5) is 0 Å². The molecule has 0 aromatic rings. The molecule has 0 aromatic carbocycles. The van der Waals surface area contributed by atoms with Gasteiger partial charge in [-0.25, -0.2) is 0 Å². The van der Waals surface area contributed by atoms with E-state index in [1.165, 1.54) is 6.42 Å². The van der Waals surface area contributed by atoms with Crippen LogP contribution in [0.25, 0.3) is 0 Å². The van der Waals surface area contributed by atoms with Gasteiger partial charge < -0.3 is 19.9 Å². The summed E-state index contributed by atoms with van der Waals surface area (Å²) >= 11 is 0. The first-order chi connectivity index (χ1) is 11.2. The summed E-state index contributed by atoms with van der Waals surface area (Å²) in [6.07, 6.45) is 8.97. The monoisotopic (exact) mass is 329 g/mol. The van der Waals surface area contributed by atoms with Gasteiger partial charge in [0.25, 0.3) is 0 Å². The summed E-state index contributed by atoms with van der Waals surface area (Å²) in [5.41, 5.74) is 6.35. The van der Waals surface area contributed by atoms with Gasteiger partial charge in [0.2, 0.25) is 0 Å². The molecule has 0 aromatic heterocycles. The maximum atomic E-state index is 6.35. The molecule has 23 heavy (non-hydrogen) atoms. The van der Waals surface area contributed by atoms with Gasteiger partial charge in [0, 0.05) is 31.8 Å². The molecule has 0 spiro atoms. The van der Waals surface area contributed by atoms with Gasteiger partial charge in [-0.15, -0.1) is 0 Å². The lowest BCUT2D eigenvalue weighted by Gasteiger charge is -2.41. The summed E-state index contributed by atoms with van der Waals surface area (Å²) in [7, 11) is 0. The third-order valence-electron chi connectivity index (χ3n) is 4.67. The molecule has 1 fully saturated rings. The summed E-state index contributed by atoms with van der Waals surface area (Å²) in [5.74, 6) is 0.412. The van der Waals surface area contributed by atoms with Crippen molar-refractivity contribution < 1.29 is 14.2 Å². The highest BCUT2D eigenvalue weighted by Crippen LogP contribution is 2.29. The van der Waals surface area contributed by atoms with E-state index in [0.717, 1.165) is 71.4 Å². The summed E-state index contributed by atoms with van der Waals surface area (Å²) in [6.45, 7) is 9.77. The Morgan fingerprint density at radius 2 is 1.35 bits per heavy atom. The third kappa shape index (κ3) is 7.97. The lowest BCUT2D eigenvalue weighted by Crippen LogP contribution is -2.54. The number of hydrogen-bond acceptors (Lipinski definition) is 4. The van der Waals surface area contributed by atoms with Gasteiger partial charge in [-0.1, -0.05) is 40.0 Å². The number of nitrogens with two attached hydrogens (primary N) is 1. The Labute approximate surface area is 143 Å². The van der Waals surface area contributed by atoms with E-state index in [1.807, 2.05) is 0 Å². The molecule has 0 saturated heterocycles. The molecule has 1 rings (SSSR count). The van der Waals surface area contributed by atoms with E-state index in [2.05, 4.69) is 20.8 Å². The van der Waals surface area contributed by atoms with Gasteiger partial charge in [0.1, 0.15) is 0 Å². The Hall–Kier alpha value is -0.160. The van der Waals surface area contributed by atoms with Crippen molar-refractivity contribution in [3.63, 3.8) is 0 Å². The molecule has 0 bridgehead atoms. The number of hydrogen-bond donors (Lipinski definition) is 1. The second-order valence-electron chi connectivity index (χ2n) is 6.81. The van der Waals surface area contributed by atoms with Crippen LogP contribution in [0, 0.1) is 5.92 Å². The van der Waals surface area contributed by atoms with Crippen LogP contribution in [-0.4, -0.2) is 44.7 Å². The molecule has 1 saturated carbocycles. The minimum absolute atomic E-state index is 0.0203. The van der Waals surface area contributed by atoms with Crippen LogP contribution < -0.4 is 5.73 Å². The quantitative estimate of drug-likeness (QED) is 0.521. The standard InChI is InChI=1S/C19H39NO3/c1-4-7-12-21-15-16-10-11-17(20)19(23-14-9-6-3)18(16)22-13-8-5-2/h16-19H,4-15,20H2,1-3H3/t16-,17+,18-,19-/m1/s1. The highest BCUT2D eigenvalue weighted by molar-refractivity contribution is 4.92. The van der Waals surface area contributed by atoms with Gasteiger partial charge in [0.15, 0.2) is 0 Å². The van der Waals surface area contributed by atoms with Gasteiger partial charge in [-0.3, -0.25) is 0 Å². The fourth-order valence-corrected chi connectivity index (χ4v) is 3.08. The molecule has 0 unspecified atom stereocenters. The number of ether oxygens (including phenoxy) is 3. The van der Waals surface area contributed by atoms with E-state index in [1.54, 1.807) is 0 Å².